The lowest BCUT2D eigenvalue weighted by atomic mass is 10.2. The molecule has 2 amide bonds. The molecule has 0 radical (unpaired) electrons. The third-order valence-corrected chi connectivity index (χ3v) is 6.24. The fraction of sp³-hybridized carbons (Fsp3) is 0.238. The highest BCUT2D eigenvalue weighted by Gasteiger charge is 2.33. The van der Waals surface area contributed by atoms with Crippen molar-refractivity contribution < 1.29 is 9.59 Å². The van der Waals surface area contributed by atoms with Crippen molar-refractivity contribution in [3.05, 3.63) is 71.5 Å². The van der Waals surface area contributed by atoms with E-state index in [-0.39, 0.29) is 17.1 Å². The number of benzene rings is 2. The van der Waals surface area contributed by atoms with E-state index in [9.17, 15) is 9.59 Å². The van der Waals surface area contributed by atoms with Crippen LogP contribution in [0.15, 0.2) is 66.1 Å². The van der Waals surface area contributed by atoms with Gasteiger partial charge in [0.1, 0.15) is 6.33 Å². The van der Waals surface area contributed by atoms with Gasteiger partial charge < -0.3 is 0 Å². The molecule has 3 aromatic rings. The lowest BCUT2D eigenvalue weighted by Crippen LogP contribution is -2.41. The van der Waals surface area contributed by atoms with Gasteiger partial charge in [-0.3, -0.25) is 19.1 Å². The second kappa shape index (κ2) is 8.80. The number of aromatic nitrogens is 3. The maximum absolute atomic E-state index is 13.2. The van der Waals surface area contributed by atoms with E-state index >= 15 is 0 Å². The third-order valence-electron chi connectivity index (χ3n) is 4.77. The summed E-state index contributed by atoms with van der Waals surface area (Å²) >= 11 is 7.27. The Morgan fingerprint density at radius 1 is 1.07 bits per heavy atom. The van der Waals surface area contributed by atoms with Crippen LogP contribution < -0.4 is 0 Å². The molecular formula is C21H19ClN4O2S. The molecule has 1 fully saturated rings. The maximum atomic E-state index is 13.2. The molecule has 1 aromatic heterocycles. The van der Waals surface area contributed by atoms with Crippen molar-refractivity contribution in [2.75, 3.05) is 6.54 Å². The topological polar surface area (TPSA) is 68.1 Å². The molecule has 29 heavy (non-hydrogen) atoms. The molecule has 1 saturated heterocycles. The highest BCUT2D eigenvalue weighted by Crippen LogP contribution is 2.30. The predicted molar refractivity (Wildman–Crippen MR) is 112 cm³/mol. The van der Waals surface area contributed by atoms with E-state index in [0.29, 0.717) is 28.7 Å². The number of likely N-dealkylation sites (tertiary alicyclic amines) is 1. The Kier molecular flexibility index (Phi) is 5.97. The van der Waals surface area contributed by atoms with E-state index < -0.39 is 0 Å². The van der Waals surface area contributed by atoms with Crippen molar-refractivity contribution in [3.8, 4) is 5.69 Å². The number of para-hydroxylation sites is 1. The van der Waals surface area contributed by atoms with Crippen LogP contribution in [0.2, 0.25) is 5.02 Å². The van der Waals surface area contributed by atoms with Gasteiger partial charge in [0.25, 0.3) is 5.91 Å². The highest BCUT2D eigenvalue weighted by molar-refractivity contribution is 8.00. The summed E-state index contributed by atoms with van der Waals surface area (Å²) in [5.41, 5.74) is 1.39. The van der Waals surface area contributed by atoms with Crippen molar-refractivity contribution in [1.29, 1.82) is 0 Å². The predicted octanol–water partition coefficient (Wildman–Crippen LogP) is 4.23. The smallest absolute Gasteiger partial charge is 0.260 e. The normalized spacial score (nSPS) is 17.2. The first-order valence-electron chi connectivity index (χ1n) is 9.37. The van der Waals surface area contributed by atoms with Crippen LogP contribution in [0.3, 0.4) is 0 Å². The van der Waals surface area contributed by atoms with Crippen LogP contribution in [0.25, 0.3) is 5.69 Å². The average molecular weight is 427 g/mol. The van der Waals surface area contributed by atoms with E-state index in [0.717, 1.165) is 18.5 Å². The van der Waals surface area contributed by atoms with E-state index in [4.69, 9.17) is 11.6 Å². The lowest BCUT2D eigenvalue weighted by molar-refractivity contribution is -0.127. The molecule has 2 aromatic carbocycles. The molecule has 1 aliphatic heterocycles. The third kappa shape index (κ3) is 4.36. The number of nitrogens with zero attached hydrogens (tertiary/aromatic N) is 4. The van der Waals surface area contributed by atoms with Gasteiger partial charge in [-0.25, -0.2) is 0 Å². The molecule has 4 rings (SSSR count). The molecule has 148 valence electrons. The number of thioether (sulfide) groups is 1. The quantitative estimate of drug-likeness (QED) is 0.584. The fourth-order valence-corrected chi connectivity index (χ4v) is 4.52. The molecule has 2 heterocycles. The average Bonchev–Trinajstić information content (AvgIpc) is 3.13. The first-order chi connectivity index (χ1) is 14.1. The van der Waals surface area contributed by atoms with Crippen LogP contribution >= 0.6 is 23.4 Å². The van der Waals surface area contributed by atoms with Crippen LogP contribution in [0.5, 0.6) is 0 Å². The minimum Gasteiger partial charge on any atom is -0.278 e. The van der Waals surface area contributed by atoms with Gasteiger partial charge in [-0.1, -0.05) is 48.0 Å². The Balaban J connectivity index is 1.56. The Morgan fingerprint density at radius 2 is 1.83 bits per heavy atom. The maximum Gasteiger partial charge on any atom is 0.260 e. The molecule has 6 nitrogen and oxygen atoms in total. The summed E-state index contributed by atoms with van der Waals surface area (Å²) in [6.07, 6.45) is 3.98. The van der Waals surface area contributed by atoms with Gasteiger partial charge in [0.15, 0.2) is 5.16 Å². The molecule has 0 unspecified atom stereocenters. The van der Waals surface area contributed by atoms with Gasteiger partial charge >= 0.3 is 0 Å². The minimum absolute atomic E-state index is 0.185. The van der Waals surface area contributed by atoms with E-state index in [2.05, 4.69) is 10.2 Å². The summed E-state index contributed by atoms with van der Waals surface area (Å²) in [4.78, 5) is 27.5. The zero-order valence-electron chi connectivity index (χ0n) is 15.6. The van der Waals surface area contributed by atoms with Gasteiger partial charge in [0.2, 0.25) is 5.91 Å². The fourth-order valence-electron chi connectivity index (χ4n) is 3.26. The van der Waals surface area contributed by atoms with Gasteiger partial charge in [-0.05, 0) is 49.2 Å². The summed E-state index contributed by atoms with van der Waals surface area (Å²) in [6.45, 7) is 0.419. The van der Waals surface area contributed by atoms with Crippen LogP contribution in [0.1, 0.15) is 29.6 Å². The Hall–Kier alpha value is -2.64. The number of carbonyl (C=O) groups excluding carboxylic acids is 2. The SMILES string of the molecule is O=C(c1ccc(Cl)cc1)N1CCCC[C@H](Sc2nncn2-c2ccccc2)C1=O. The van der Waals surface area contributed by atoms with Crippen molar-refractivity contribution in [1.82, 2.24) is 19.7 Å². The molecule has 0 aliphatic carbocycles. The first-order valence-corrected chi connectivity index (χ1v) is 10.6. The molecule has 0 bridgehead atoms. The standard InChI is InChI=1S/C21H19ClN4O2S/c22-16-11-9-15(10-12-16)19(27)25-13-5-4-8-18(20(25)28)29-21-24-23-14-26(21)17-6-2-1-3-7-17/h1-3,6-7,9-12,14,18H,4-5,8,13H2/t18-/m0/s1. The van der Waals surface area contributed by atoms with Crippen molar-refractivity contribution in [2.24, 2.45) is 0 Å². The largest absolute Gasteiger partial charge is 0.278 e. The molecular weight excluding hydrogens is 408 g/mol. The first kappa shape index (κ1) is 19.7. The summed E-state index contributed by atoms with van der Waals surface area (Å²) in [7, 11) is 0. The second-order valence-corrected chi connectivity index (χ2v) is 8.33. The number of halogens is 1. The van der Waals surface area contributed by atoms with Crippen molar-refractivity contribution in [3.63, 3.8) is 0 Å². The van der Waals surface area contributed by atoms with E-state index in [1.165, 1.54) is 16.7 Å². The van der Waals surface area contributed by atoms with Crippen molar-refractivity contribution in [2.45, 2.75) is 29.7 Å². The molecule has 0 spiro atoms. The van der Waals surface area contributed by atoms with Gasteiger partial charge in [0, 0.05) is 22.8 Å². The number of carbonyl (C=O) groups is 2. The van der Waals surface area contributed by atoms with Crippen LogP contribution in [0, 0.1) is 0 Å². The summed E-state index contributed by atoms with van der Waals surface area (Å²) in [5.74, 6) is -0.473. The van der Waals surface area contributed by atoms with Crippen molar-refractivity contribution >= 4 is 35.2 Å². The highest BCUT2D eigenvalue weighted by atomic mass is 35.5. The number of rotatable bonds is 4. The van der Waals surface area contributed by atoms with E-state index in [1.807, 2.05) is 34.9 Å². The summed E-state index contributed by atoms with van der Waals surface area (Å²) in [6, 6.07) is 16.3. The Labute approximate surface area is 177 Å². The minimum atomic E-state index is -0.389. The van der Waals surface area contributed by atoms with Crippen LogP contribution in [-0.2, 0) is 4.79 Å². The summed E-state index contributed by atoms with van der Waals surface area (Å²) in [5, 5.41) is 9.00. The van der Waals surface area contributed by atoms with Gasteiger partial charge in [-0.15, -0.1) is 10.2 Å². The zero-order chi connectivity index (χ0) is 20.2. The molecule has 1 atom stereocenters. The zero-order valence-corrected chi connectivity index (χ0v) is 17.1. The van der Waals surface area contributed by atoms with Gasteiger partial charge in [0.05, 0.1) is 5.25 Å². The number of hydrogen-bond acceptors (Lipinski definition) is 5. The summed E-state index contributed by atoms with van der Waals surface area (Å²) < 4.78 is 1.86. The number of amides is 2. The molecule has 8 heteroatoms. The Morgan fingerprint density at radius 3 is 2.59 bits per heavy atom. The van der Waals surface area contributed by atoms with E-state index in [1.54, 1.807) is 30.6 Å². The number of imide groups is 1. The molecule has 1 aliphatic rings. The van der Waals surface area contributed by atoms with Crippen LogP contribution in [0.4, 0.5) is 0 Å². The second-order valence-electron chi connectivity index (χ2n) is 6.72. The number of hydrogen-bond donors (Lipinski definition) is 0. The molecule has 0 N–H and O–H groups in total. The Bertz CT molecular complexity index is 1010. The molecule has 0 saturated carbocycles. The monoisotopic (exact) mass is 426 g/mol. The van der Waals surface area contributed by atoms with Gasteiger partial charge in [-0.2, -0.15) is 0 Å². The lowest BCUT2D eigenvalue weighted by Gasteiger charge is -2.22. The van der Waals surface area contributed by atoms with Crippen LogP contribution in [-0.4, -0.2) is 43.3 Å².